The number of carboxylic acid groups (broad SMARTS) is 1. The Hall–Kier alpha value is -1.36. The summed E-state index contributed by atoms with van der Waals surface area (Å²) >= 11 is 0. The molecular weight excluding hydrogens is 182 g/mol. The van der Waals surface area contributed by atoms with E-state index in [4.69, 9.17) is 10.8 Å². The van der Waals surface area contributed by atoms with Crippen LogP contribution in [0.5, 0.6) is 0 Å². The minimum Gasteiger partial charge on any atom is -0.481 e. The van der Waals surface area contributed by atoms with E-state index in [9.17, 15) is 4.79 Å². The zero-order chi connectivity index (χ0) is 10.7. The van der Waals surface area contributed by atoms with Gasteiger partial charge in [-0.15, -0.1) is 0 Å². The first kappa shape index (κ1) is 10.7. The molecule has 5 heteroatoms. The van der Waals surface area contributed by atoms with Crippen molar-refractivity contribution in [3.05, 3.63) is 17.5 Å². The van der Waals surface area contributed by atoms with Crippen molar-refractivity contribution in [3.8, 4) is 0 Å². The maximum absolute atomic E-state index is 10.7. The van der Waals surface area contributed by atoms with Crippen LogP contribution in [0.1, 0.15) is 11.3 Å². The third-order valence-corrected chi connectivity index (χ3v) is 2.44. The van der Waals surface area contributed by atoms with Crippen LogP contribution in [0.4, 0.5) is 0 Å². The second-order valence-electron chi connectivity index (χ2n) is 3.35. The molecule has 0 spiro atoms. The molecule has 0 bridgehead atoms. The van der Waals surface area contributed by atoms with E-state index < -0.39 is 11.9 Å². The van der Waals surface area contributed by atoms with E-state index in [2.05, 4.69) is 5.10 Å². The Balaban J connectivity index is 2.77. The van der Waals surface area contributed by atoms with Gasteiger partial charge in [-0.1, -0.05) is 0 Å². The SMILES string of the molecule is Cc1c(CC(CN)C(=O)O)cnn1C. The van der Waals surface area contributed by atoms with E-state index in [-0.39, 0.29) is 6.54 Å². The second-order valence-corrected chi connectivity index (χ2v) is 3.35. The van der Waals surface area contributed by atoms with Crippen molar-refractivity contribution in [2.75, 3.05) is 6.54 Å². The van der Waals surface area contributed by atoms with Crippen LogP contribution in [0.15, 0.2) is 6.20 Å². The van der Waals surface area contributed by atoms with Crippen molar-refractivity contribution < 1.29 is 9.90 Å². The largest absolute Gasteiger partial charge is 0.481 e. The molecule has 0 aliphatic heterocycles. The highest BCUT2D eigenvalue weighted by atomic mass is 16.4. The molecule has 1 rings (SSSR count). The molecule has 1 heterocycles. The van der Waals surface area contributed by atoms with E-state index >= 15 is 0 Å². The first-order valence-corrected chi connectivity index (χ1v) is 4.46. The quantitative estimate of drug-likeness (QED) is 0.708. The number of hydrogen-bond acceptors (Lipinski definition) is 3. The number of aromatic nitrogens is 2. The topological polar surface area (TPSA) is 81.1 Å². The number of aryl methyl sites for hydroxylation is 1. The van der Waals surface area contributed by atoms with E-state index in [1.54, 1.807) is 10.9 Å². The summed E-state index contributed by atoms with van der Waals surface area (Å²) in [5, 5.41) is 12.9. The van der Waals surface area contributed by atoms with Gasteiger partial charge in [-0.25, -0.2) is 0 Å². The molecular formula is C9H15N3O2. The van der Waals surface area contributed by atoms with Crippen molar-refractivity contribution in [3.63, 3.8) is 0 Å². The number of nitrogens with two attached hydrogens (primary N) is 1. The van der Waals surface area contributed by atoms with Crippen LogP contribution in [0, 0.1) is 12.8 Å². The molecule has 1 unspecified atom stereocenters. The van der Waals surface area contributed by atoms with Gasteiger partial charge < -0.3 is 10.8 Å². The number of hydrogen-bond donors (Lipinski definition) is 2. The number of aliphatic carboxylic acids is 1. The Bertz CT molecular complexity index is 333. The zero-order valence-electron chi connectivity index (χ0n) is 8.40. The summed E-state index contributed by atoms with van der Waals surface area (Å²) in [5.41, 5.74) is 7.31. The number of carboxylic acids is 1. The molecule has 1 aromatic rings. The number of rotatable bonds is 4. The van der Waals surface area contributed by atoms with Gasteiger partial charge in [0, 0.05) is 19.3 Å². The van der Waals surface area contributed by atoms with Crippen molar-refractivity contribution in [1.82, 2.24) is 9.78 Å². The highest BCUT2D eigenvalue weighted by Gasteiger charge is 2.18. The van der Waals surface area contributed by atoms with Crippen LogP contribution in [-0.4, -0.2) is 27.4 Å². The standard InChI is InChI=1S/C9H15N3O2/c1-6-8(5-11-12(6)2)3-7(4-10)9(13)14/h5,7H,3-4,10H2,1-2H3,(H,13,14). The minimum absolute atomic E-state index is 0.156. The van der Waals surface area contributed by atoms with Crippen LogP contribution in [0.3, 0.4) is 0 Å². The molecule has 0 saturated heterocycles. The van der Waals surface area contributed by atoms with E-state index in [0.717, 1.165) is 11.3 Å². The predicted molar refractivity (Wildman–Crippen MR) is 51.8 cm³/mol. The predicted octanol–water partition coefficient (Wildman–Crippen LogP) is -0.0695. The summed E-state index contributed by atoms with van der Waals surface area (Å²) in [5.74, 6) is -1.37. The first-order valence-electron chi connectivity index (χ1n) is 4.46. The summed E-state index contributed by atoms with van der Waals surface area (Å²) in [6.45, 7) is 2.07. The highest BCUT2D eigenvalue weighted by molar-refractivity contribution is 5.70. The van der Waals surface area contributed by atoms with Gasteiger partial charge in [-0.2, -0.15) is 5.10 Å². The molecule has 78 valence electrons. The van der Waals surface area contributed by atoms with Gasteiger partial charge in [0.15, 0.2) is 0 Å². The normalized spacial score (nSPS) is 12.8. The first-order chi connectivity index (χ1) is 6.56. The average Bonchev–Trinajstić information content (AvgIpc) is 2.44. The van der Waals surface area contributed by atoms with Crippen LogP contribution in [0.25, 0.3) is 0 Å². The van der Waals surface area contributed by atoms with Gasteiger partial charge in [0.2, 0.25) is 0 Å². The molecule has 14 heavy (non-hydrogen) atoms. The molecule has 0 aromatic carbocycles. The number of carbonyl (C=O) groups is 1. The summed E-state index contributed by atoms with van der Waals surface area (Å²) in [6.07, 6.45) is 2.15. The molecule has 0 saturated carbocycles. The molecule has 0 radical (unpaired) electrons. The van der Waals surface area contributed by atoms with Gasteiger partial charge in [0.25, 0.3) is 0 Å². The Labute approximate surface area is 82.5 Å². The van der Waals surface area contributed by atoms with Gasteiger partial charge in [0.05, 0.1) is 12.1 Å². The van der Waals surface area contributed by atoms with Gasteiger partial charge in [0.1, 0.15) is 0 Å². The lowest BCUT2D eigenvalue weighted by atomic mass is 10.0. The molecule has 1 aromatic heterocycles. The Morgan fingerprint density at radius 2 is 2.43 bits per heavy atom. The third kappa shape index (κ3) is 2.11. The monoisotopic (exact) mass is 197 g/mol. The Kier molecular flexibility index (Phi) is 3.24. The molecule has 0 aliphatic rings. The fraction of sp³-hybridized carbons (Fsp3) is 0.556. The smallest absolute Gasteiger partial charge is 0.308 e. The van der Waals surface area contributed by atoms with E-state index in [1.807, 2.05) is 14.0 Å². The molecule has 1 atom stereocenters. The van der Waals surface area contributed by atoms with Crippen molar-refractivity contribution in [2.45, 2.75) is 13.3 Å². The van der Waals surface area contributed by atoms with Crippen LogP contribution >= 0.6 is 0 Å². The summed E-state index contributed by atoms with van der Waals surface area (Å²) < 4.78 is 1.73. The van der Waals surface area contributed by atoms with Crippen LogP contribution in [-0.2, 0) is 18.3 Å². The molecule has 5 nitrogen and oxygen atoms in total. The van der Waals surface area contributed by atoms with Gasteiger partial charge in [-0.05, 0) is 18.9 Å². The molecule has 0 fully saturated rings. The van der Waals surface area contributed by atoms with Crippen LogP contribution < -0.4 is 5.73 Å². The molecule has 0 amide bonds. The fourth-order valence-corrected chi connectivity index (χ4v) is 1.28. The minimum atomic E-state index is -0.851. The lowest BCUT2D eigenvalue weighted by Crippen LogP contribution is -2.25. The lowest BCUT2D eigenvalue weighted by molar-refractivity contribution is -0.141. The maximum Gasteiger partial charge on any atom is 0.308 e. The summed E-state index contributed by atoms with van der Waals surface area (Å²) in [4.78, 5) is 10.7. The van der Waals surface area contributed by atoms with Crippen molar-refractivity contribution >= 4 is 5.97 Å². The highest BCUT2D eigenvalue weighted by Crippen LogP contribution is 2.11. The lowest BCUT2D eigenvalue weighted by Gasteiger charge is -2.08. The van der Waals surface area contributed by atoms with E-state index in [0.29, 0.717) is 6.42 Å². The Morgan fingerprint density at radius 3 is 2.79 bits per heavy atom. The van der Waals surface area contributed by atoms with Crippen LogP contribution in [0.2, 0.25) is 0 Å². The fourth-order valence-electron chi connectivity index (χ4n) is 1.28. The van der Waals surface area contributed by atoms with E-state index in [1.165, 1.54) is 0 Å². The third-order valence-electron chi connectivity index (χ3n) is 2.44. The summed E-state index contributed by atoms with van der Waals surface area (Å²) in [7, 11) is 1.83. The van der Waals surface area contributed by atoms with Crippen molar-refractivity contribution in [2.24, 2.45) is 18.7 Å². The molecule has 0 aliphatic carbocycles. The van der Waals surface area contributed by atoms with Gasteiger partial charge >= 0.3 is 5.97 Å². The maximum atomic E-state index is 10.7. The summed E-state index contributed by atoms with van der Waals surface area (Å²) in [6, 6.07) is 0. The molecule has 3 N–H and O–H groups in total. The average molecular weight is 197 g/mol. The Morgan fingerprint density at radius 1 is 1.79 bits per heavy atom. The second kappa shape index (κ2) is 4.23. The zero-order valence-corrected chi connectivity index (χ0v) is 8.40. The number of nitrogens with zero attached hydrogens (tertiary/aromatic N) is 2. The van der Waals surface area contributed by atoms with Crippen molar-refractivity contribution in [1.29, 1.82) is 0 Å². The van der Waals surface area contributed by atoms with Gasteiger partial charge in [-0.3, -0.25) is 9.48 Å².